The van der Waals surface area contributed by atoms with E-state index in [1.54, 1.807) is 30.6 Å². The third kappa shape index (κ3) is 3.96. The van der Waals surface area contributed by atoms with Gasteiger partial charge in [0.2, 0.25) is 0 Å². The average Bonchev–Trinajstić information content (AvgIpc) is 3.18. The molecule has 3 N–H and O–H groups in total. The Morgan fingerprint density at radius 3 is 2.31 bits per heavy atom. The second kappa shape index (κ2) is 7.90. The first-order chi connectivity index (χ1) is 12.6. The molecule has 2 amide bonds. The monoisotopic (exact) mass is 367 g/mol. The number of nitrogens with zero attached hydrogens (tertiary/aromatic N) is 1. The number of nitrogens with one attached hydrogen (secondary N) is 2. The summed E-state index contributed by atoms with van der Waals surface area (Å²) in [7, 11) is 0. The summed E-state index contributed by atoms with van der Waals surface area (Å²) in [6.07, 6.45) is 0. The number of amides is 2. The van der Waals surface area contributed by atoms with E-state index in [1.807, 2.05) is 42.5 Å². The molecule has 0 saturated carbocycles. The molecule has 0 spiro atoms. The van der Waals surface area contributed by atoms with E-state index >= 15 is 0 Å². The molecular weight excluding hydrogens is 350 g/mol. The lowest BCUT2D eigenvalue weighted by molar-refractivity contribution is 0.0711. The van der Waals surface area contributed by atoms with Crippen molar-refractivity contribution in [2.75, 3.05) is 0 Å². The van der Waals surface area contributed by atoms with Crippen LogP contribution in [0, 0.1) is 0 Å². The van der Waals surface area contributed by atoms with Gasteiger partial charge in [-0.2, -0.15) is 4.37 Å². The maximum absolute atomic E-state index is 12.4. The molecule has 7 heteroatoms. The second-order valence-corrected chi connectivity index (χ2v) is 6.50. The first-order valence-corrected chi connectivity index (χ1v) is 8.73. The molecule has 0 aliphatic heterocycles. The van der Waals surface area contributed by atoms with Crippen LogP contribution in [0.1, 0.15) is 38.7 Å². The fraction of sp³-hybridized carbons (Fsp3) is 0.105. The predicted molar refractivity (Wildman–Crippen MR) is 99.1 cm³/mol. The molecule has 0 aliphatic carbocycles. The third-order valence-corrected chi connectivity index (χ3v) is 4.70. The first-order valence-electron chi connectivity index (χ1n) is 7.96. The minimum absolute atomic E-state index is 0.224. The van der Waals surface area contributed by atoms with Gasteiger partial charge in [-0.1, -0.05) is 42.5 Å². The smallest absolute Gasteiger partial charge is 0.286 e. The van der Waals surface area contributed by atoms with Crippen LogP contribution >= 0.6 is 11.5 Å². The Kier molecular flexibility index (Phi) is 5.40. The Balaban J connectivity index is 1.67. The minimum atomic E-state index is -0.622. The van der Waals surface area contributed by atoms with E-state index in [0.717, 1.165) is 22.7 Å². The maximum atomic E-state index is 12.4. The Labute approximate surface area is 154 Å². The lowest BCUT2D eigenvalue weighted by Gasteiger charge is -2.12. The second-order valence-electron chi connectivity index (χ2n) is 5.70. The summed E-state index contributed by atoms with van der Waals surface area (Å²) in [6, 6.07) is 18.5. The molecule has 1 heterocycles. The maximum Gasteiger partial charge on any atom is 0.286 e. The first kappa shape index (κ1) is 17.8. The summed E-state index contributed by atoms with van der Waals surface area (Å²) in [4.78, 5) is 24.1. The van der Waals surface area contributed by atoms with Gasteiger partial charge in [0.1, 0.15) is 4.88 Å². The number of hydrogen-bond donors (Lipinski definition) is 3. The molecule has 1 atom stereocenters. The van der Waals surface area contributed by atoms with Gasteiger partial charge >= 0.3 is 0 Å². The molecule has 3 rings (SSSR count). The highest BCUT2D eigenvalue weighted by molar-refractivity contribution is 7.08. The number of carbonyl (C=O) groups is 2. The van der Waals surface area contributed by atoms with Crippen molar-refractivity contribution >= 4 is 23.3 Å². The molecule has 3 aromatic rings. The van der Waals surface area contributed by atoms with Crippen molar-refractivity contribution in [1.82, 2.24) is 15.2 Å². The summed E-state index contributed by atoms with van der Waals surface area (Å²) in [5.74, 6) is -0.845. The molecule has 0 aliphatic rings. The fourth-order valence-corrected chi connectivity index (χ4v) is 3.17. The standard InChI is InChI=1S/C19H17N3O3S/c1-12(16-11-17(26-22-16)19(24)21-25)20-18(23)15-9-7-14(8-10-15)13-5-3-2-4-6-13/h2-12,25H,1H3,(H,20,23)(H,21,24)/t12-/m0/s1. The van der Waals surface area contributed by atoms with Gasteiger partial charge in [-0.05, 0) is 47.8 Å². The Hall–Kier alpha value is -3.03. The third-order valence-electron chi connectivity index (χ3n) is 3.90. The predicted octanol–water partition coefficient (Wildman–Crippen LogP) is 3.42. The van der Waals surface area contributed by atoms with Gasteiger partial charge in [-0.25, -0.2) is 5.48 Å². The number of benzene rings is 2. The number of aromatic nitrogens is 1. The molecule has 2 aromatic carbocycles. The molecule has 0 fully saturated rings. The van der Waals surface area contributed by atoms with Crippen molar-refractivity contribution in [3.05, 3.63) is 76.8 Å². The molecule has 132 valence electrons. The van der Waals surface area contributed by atoms with E-state index in [4.69, 9.17) is 5.21 Å². The highest BCUT2D eigenvalue weighted by Crippen LogP contribution is 2.20. The van der Waals surface area contributed by atoms with E-state index in [-0.39, 0.29) is 16.8 Å². The van der Waals surface area contributed by atoms with E-state index in [0.29, 0.717) is 11.3 Å². The van der Waals surface area contributed by atoms with E-state index in [9.17, 15) is 9.59 Å². The van der Waals surface area contributed by atoms with Crippen LogP contribution in [0.3, 0.4) is 0 Å². The van der Waals surface area contributed by atoms with E-state index in [2.05, 4.69) is 9.69 Å². The summed E-state index contributed by atoms with van der Waals surface area (Å²) in [5.41, 5.74) is 4.79. The van der Waals surface area contributed by atoms with Crippen LogP contribution in [0.15, 0.2) is 60.7 Å². The summed E-state index contributed by atoms with van der Waals surface area (Å²) in [6.45, 7) is 1.78. The van der Waals surface area contributed by atoms with E-state index < -0.39 is 5.91 Å². The zero-order valence-corrected chi connectivity index (χ0v) is 14.8. The van der Waals surface area contributed by atoms with Crippen molar-refractivity contribution in [3.8, 4) is 11.1 Å². The summed E-state index contributed by atoms with van der Waals surface area (Å²) in [5, 5.41) is 11.5. The van der Waals surface area contributed by atoms with Crippen LogP contribution in [0.25, 0.3) is 11.1 Å². The summed E-state index contributed by atoms with van der Waals surface area (Å²) < 4.78 is 4.14. The highest BCUT2D eigenvalue weighted by atomic mass is 32.1. The molecular formula is C19H17N3O3S. The number of rotatable bonds is 5. The molecule has 0 saturated heterocycles. The quantitative estimate of drug-likeness (QED) is 0.476. The van der Waals surface area contributed by atoms with Gasteiger partial charge in [0.25, 0.3) is 11.8 Å². The Morgan fingerprint density at radius 2 is 1.65 bits per heavy atom. The van der Waals surface area contributed by atoms with Gasteiger partial charge in [-0.3, -0.25) is 14.8 Å². The number of hydroxylamine groups is 1. The topological polar surface area (TPSA) is 91.3 Å². The normalized spacial score (nSPS) is 11.6. The van der Waals surface area contributed by atoms with Gasteiger partial charge in [0.15, 0.2) is 0 Å². The average molecular weight is 367 g/mol. The number of carbonyl (C=O) groups excluding carboxylic acids is 2. The van der Waals surface area contributed by atoms with Crippen molar-refractivity contribution in [1.29, 1.82) is 0 Å². The lowest BCUT2D eigenvalue weighted by atomic mass is 10.0. The van der Waals surface area contributed by atoms with Gasteiger partial charge in [0, 0.05) is 5.56 Å². The molecule has 0 radical (unpaired) electrons. The minimum Gasteiger partial charge on any atom is -0.344 e. The van der Waals surface area contributed by atoms with Crippen molar-refractivity contribution in [2.45, 2.75) is 13.0 Å². The summed E-state index contributed by atoms with van der Waals surface area (Å²) >= 11 is 0.960. The molecule has 1 aromatic heterocycles. The molecule has 0 bridgehead atoms. The zero-order valence-electron chi connectivity index (χ0n) is 14.0. The van der Waals surface area contributed by atoms with Gasteiger partial charge in [0.05, 0.1) is 11.7 Å². The SMILES string of the molecule is C[C@H](NC(=O)c1ccc(-c2ccccc2)cc1)c1cc(C(=O)NO)sn1. The van der Waals surface area contributed by atoms with Crippen LogP contribution in [0.4, 0.5) is 0 Å². The molecule has 0 unspecified atom stereocenters. The Bertz CT molecular complexity index is 907. The van der Waals surface area contributed by atoms with Crippen LogP contribution < -0.4 is 10.8 Å². The van der Waals surface area contributed by atoms with Crippen LogP contribution in [0.5, 0.6) is 0 Å². The van der Waals surface area contributed by atoms with Crippen molar-refractivity contribution in [2.24, 2.45) is 0 Å². The lowest BCUT2D eigenvalue weighted by Crippen LogP contribution is -2.26. The van der Waals surface area contributed by atoms with Gasteiger partial charge in [-0.15, -0.1) is 0 Å². The number of hydrogen-bond acceptors (Lipinski definition) is 5. The zero-order chi connectivity index (χ0) is 18.5. The Morgan fingerprint density at radius 1 is 1.00 bits per heavy atom. The van der Waals surface area contributed by atoms with Gasteiger partial charge < -0.3 is 5.32 Å². The molecule has 6 nitrogen and oxygen atoms in total. The van der Waals surface area contributed by atoms with E-state index in [1.165, 1.54) is 0 Å². The largest absolute Gasteiger partial charge is 0.344 e. The fourth-order valence-electron chi connectivity index (χ4n) is 2.45. The highest BCUT2D eigenvalue weighted by Gasteiger charge is 2.17. The van der Waals surface area contributed by atoms with Crippen LogP contribution in [0.2, 0.25) is 0 Å². The van der Waals surface area contributed by atoms with Crippen LogP contribution in [-0.2, 0) is 0 Å². The van der Waals surface area contributed by atoms with Crippen molar-refractivity contribution < 1.29 is 14.8 Å². The molecule has 26 heavy (non-hydrogen) atoms. The van der Waals surface area contributed by atoms with Crippen molar-refractivity contribution in [3.63, 3.8) is 0 Å². The van der Waals surface area contributed by atoms with Crippen LogP contribution in [-0.4, -0.2) is 21.4 Å².